The van der Waals surface area contributed by atoms with Gasteiger partial charge in [0.1, 0.15) is 0 Å². The number of unbranched alkanes of at least 4 members (excludes halogenated alkanes) is 1. The third-order valence-corrected chi connectivity index (χ3v) is 1.09. The van der Waals surface area contributed by atoms with Gasteiger partial charge in [-0.1, -0.05) is 20.3 Å². The maximum Gasteiger partial charge on any atom is 0.0662 e. The molecule has 3 heteroatoms. The van der Waals surface area contributed by atoms with Crippen LogP contribution in [0.3, 0.4) is 0 Å². The van der Waals surface area contributed by atoms with Crippen LogP contribution in [0.1, 0.15) is 33.1 Å². The first-order chi connectivity index (χ1) is 5.83. The minimum atomic E-state index is -0.125. The lowest BCUT2D eigenvalue weighted by Crippen LogP contribution is -1.93. The second-order valence-corrected chi connectivity index (χ2v) is 2.41. The predicted octanol–water partition coefficient (Wildman–Crippen LogP) is 1.18. The van der Waals surface area contributed by atoms with Gasteiger partial charge in [0.25, 0.3) is 0 Å². The second-order valence-electron chi connectivity index (χ2n) is 2.41. The van der Waals surface area contributed by atoms with Crippen LogP contribution in [0, 0.1) is 0 Å². The van der Waals surface area contributed by atoms with Crippen molar-refractivity contribution >= 4 is 0 Å². The molecule has 0 fully saturated rings. The summed E-state index contributed by atoms with van der Waals surface area (Å²) in [6.45, 7) is 5.94. The van der Waals surface area contributed by atoms with Crippen molar-refractivity contribution in [2.24, 2.45) is 0 Å². The molecule has 3 nitrogen and oxygen atoms in total. The highest BCUT2D eigenvalue weighted by Crippen LogP contribution is 1.87. The predicted molar refractivity (Wildman–Crippen MR) is 50.2 cm³/mol. The Morgan fingerprint density at radius 2 is 1.50 bits per heavy atom. The van der Waals surface area contributed by atoms with E-state index in [2.05, 4.69) is 13.8 Å². The first-order valence-corrected chi connectivity index (χ1v) is 4.62. The number of aliphatic hydroxyl groups is 2. The van der Waals surface area contributed by atoms with Gasteiger partial charge in [-0.15, -0.1) is 0 Å². The van der Waals surface area contributed by atoms with E-state index in [4.69, 9.17) is 14.9 Å². The van der Waals surface area contributed by atoms with Gasteiger partial charge in [0.15, 0.2) is 0 Å². The van der Waals surface area contributed by atoms with Crippen LogP contribution in [-0.4, -0.2) is 36.6 Å². The van der Waals surface area contributed by atoms with Crippen molar-refractivity contribution in [3.63, 3.8) is 0 Å². The molecule has 0 saturated heterocycles. The molecule has 0 atom stereocenters. The summed E-state index contributed by atoms with van der Waals surface area (Å²) < 4.78 is 5.22. The molecule has 0 heterocycles. The Bertz CT molecular complexity index is 49.7. The lowest BCUT2D eigenvalue weighted by molar-refractivity contribution is 0.132. The van der Waals surface area contributed by atoms with E-state index in [0.717, 1.165) is 19.6 Å². The smallest absolute Gasteiger partial charge is 0.0662 e. The van der Waals surface area contributed by atoms with Crippen molar-refractivity contribution in [1.82, 2.24) is 0 Å². The van der Waals surface area contributed by atoms with Crippen LogP contribution >= 0.6 is 0 Å². The van der Waals surface area contributed by atoms with Gasteiger partial charge in [-0.05, 0) is 12.8 Å². The van der Waals surface area contributed by atoms with Crippen molar-refractivity contribution in [2.75, 3.05) is 26.4 Å². The molecule has 0 bridgehead atoms. The van der Waals surface area contributed by atoms with Gasteiger partial charge in [0.2, 0.25) is 0 Å². The Kier molecular flexibility index (Phi) is 20.5. The van der Waals surface area contributed by atoms with E-state index in [1.807, 2.05) is 0 Å². The maximum atomic E-state index is 7.62. The second kappa shape index (κ2) is 17.1. The van der Waals surface area contributed by atoms with Gasteiger partial charge >= 0.3 is 0 Å². The third kappa shape index (κ3) is 22.5. The lowest BCUT2D eigenvalue weighted by atomic mass is 10.4. The minimum Gasteiger partial charge on any atom is -0.394 e. The van der Waals surface area contributed by atoms with Gasteiger partial charge in [0, 0.05) is 13.2 Å². The van der Waals surface area contributed by atoms with E-state index in [1.165, 1.54) is 12.8 Å². The molecule has 0 spiro atoms. The van der Waals surface area contributed by atoms with Crippen LogP contribution < -0.4 is 0 Å². The van der Waals surface area contributed by atoms with Crippen LogP contribution in [0.5, 0.6) is 0 Å². The van der Waals surface area contributed by atoms with E-state index in [-0.39, 0.29) is 13.2 Å². The van der Waals surface area contributed by atoms with Crippen LogP contribution in [0.25, 0.3) is 0 Å². The molecule has 0 aromatic heterocycles. The summed E-state index contributed by atoms with van der Waals surface area (Å²) in [5, 5.41) is 15.2. The van der Waals surface area contributed by atoms with Crippen LogP contribution in [0.2, 0.25) is 0 Å². The largest absolute Gasteiger partial charge is 0.394 e. The van der Waals surface area contributed by atoms with Crippen molar-refractivity contribution in [2.45, 2.75) is 33.1 Å². The Balaban J connectivity index is 0. The number of hydrogen-bond acceptors (Lipinski definition) is 3. The number of aliphatic hydroxyl groups excluding tert-OH is 2. The highest BCUT2D eigenvalue weighted by Gasteiger charge is 1.81. The molecule has 76 valence electrons. The van der Waals surface area contributed by atoms with E-state index in [0.29, 0.717) is 0 Å². The van der Waals surface area contributed by atoms with Gasteiger partial charge < -0.3 is 14.9 Å². The van der Waals surface area contributed by atoms with Crippen molar-refractivity contribution in [1.29, 1.82) is 0 Å². The van der Waals surface area contributed by atoms with Crippen LogP contribution in [-0.2, 0) is 4.74 Å². The molecule has 2 N–H and O–H groups in total. The highest BCUT2D eigenvalue weighted by atomic mass is 16.5. The molecule has 0 aromatic rings. The quantitative estimate of drug-likeness (QED) is 0.600. The minimum absolute atomic E-state index is 0.125. The monoisotopic (exact) mass is 178 g/mol. The Labute approximate surface area is 75.4 Å². The summed E-state index contributed by atoms with van der Waals surface area (Å²) in [5.41, 5.74) is 0. The summed E-state index contributed by atoms with van der Waals surface area (Å²) in [6, 6.07) is 0. The number of hydrogen-bond donors (Lipinski definition) is 2. The standard InChI is InChI=1S/C7H16O.C2H6O2/c1-3-5-7-8-6-4-2;3-1-2-4/h3-7H2,1-2H3;3-4H,1-2H2. The molecule has 0 aliphatic rings. The molecular weight excluding hydrogens is 156 g/mol. The van der Waals surface area contributed by atoms with Gasteiger partial charge in [-0.25, -0.2) is 0 Å². The van der Waals surface area contributed by atoms with E-state index in [1.54, 1.807) is 0 Å². The van der Waals surface area contributed by atoms with Gasteiger partial charge in [-0.2, -0.15) is 0 Å². The van der Waals surface area contributed by atoms with Gasteiger partial charge in [0.05, 0.1) is 13.2 Å². The zero-order chi connectivity index (χ0) is 9.66. The summed E-state index contributed by atoms with van der Waals surface area (Å²) in [5.74, 6) is 0. The number of ether oxygens (including phenoxy) is 1. The molecule has 0 radical (unpaired) electrons. The third-order valence-electron chi connectivity index (χ3n) is 1.09. The summed E-state index contributed by atoms with van der Waals surface area (Å²) >= 11 is 0. The van der Waals surface area contributed by atoms with Crippen LogP contribution in [0.15, 0.2) is 0 Å². The average Bonchev–Trinajstić information content (AvgIpc) is 2.13. The van der Waals surface area contributed by atoms with E-state index < -0.39 is 0 Å². The van der Waals surface area contributed by atoms with Crippen molar-refractivity contribution < 1.29 is 14.9 Å². The maximum absolute atomic E-state index is 7.62. The van der Waals surface area contributed by atoms with Crippen molar-refractivity contribution in [3.8, 4) is 0 Å². The summed E-state index contributed by atoms with van der Waals surface area (Å²) in [6.07, 6.45) is 3.59. The molecule has 0 saturated carbocycles. The van der Waals surface area contributed by atoms with E-state index in [9.17, 15) is 0 Å². The molecule has 0 aliphatic heterocycles. The first-order valence-electron chi connectivity index (χ1n) is 4.62. The Morgan fingerprint density at radius 1 is 0.917 bits per heavy atom. The van der Waals surface area contributed by atoms with E-state index >= 15 is 0 Å². The molecule has 0 rings (SSSR count). The fraction of sp³-hybridized carbons (Fsp3) is 1.00. The van der Waals surface area contributed by atoms with Gasteiger partial charge in [-0.3, -0.25) is 0 Å². The SMILES string of the molecule is CCCCOCCC.OCCO. The lowest BCUT2D eigenvalue weighted by Gasteiger charge is -1.97. The normalized spacial score (nSPS) is 9.00. The molecule has 12 heavy (non-hydrogen) atoms. The fourth-order valence-corrected chi connectivity index (χ4v) is 0.493. The molecule has 0 unspecified atom stereocenters. The van der Waals surface area contributed by atoms with Crippen LogP contribution in [0.4, 0.5) is 0 Å². The topological polar surface area (TPSA) is 49.7 Å². The Morgan fingerprint density at radius 3 is 1.83 bits per heavy atom. The number of rotatable bonds is 6. The highest BCUT2D eigenvalue weighted by molar-refractivity contribution is 4.30. The molecule has 0 amide bonds. The first kappa shape index (κ1) is 14.4. The summed E-state index contributed by atoms with van der Waals surface area (Å²) in [7, 11) is 0. The van der Waals surface area contributed by atoms with Crippen molar-refractivity contribution in [3.05, 3.63) is 0 Å². The molecule has 0 aliphatic carbocycles. The molecule has 0 aromatic carbocycles. The zero-order valence-corrected chi connectivity index (χ0v) is 8.25. The summed E-state index contributed by atoms with van der Waals surface area (Å²) in [4.78, 5) is 0. The Hall–Kier alpha value is -0.120. The fourth-order valence-electron chi connectivity index (χ4n) is 0.493. The zero-order valence-electron chi connectivity index (χ0n) is 8.25. The average molecular weight is 178 g/mol. The molecular formula is C9H22O3.